The topological polar surface area (TPSA) is 83.6 Å². The number of hydrogen-bond acceptors (Lipinski definition) is 3. The number of phenolic OH excluding ortho intramolecular Hbond substituents is 1. The second-order valence-electron chi connectivity index (χ2n) is 3.77. The molecule has 0 saturated carbocycles. The van der Waals surface area contributed by atoms with Crippen LogP contribution in [-0.4, -0.2) is 16.2 Å². The van der Waals surface area contributed by atoms with Crippen molar-refractivity contribution >= 4 is 17.6 Å². The Morgan fingerprint density at radius 3 is 2.19 bits per heavy atom. The van der Waals surface area contributed by atoms with Crippen LogP contribution in [0.4, 0.5) is 0 Å². The Bertz CT molecular complexity index is 428. The lowest BCUT2D eigenvalue weighted by Crippen LogP contribution is -2.23. The predicted octanol–water partition coefficient (Wildman–Crippen LogP) is 2.06. The Labute approximate surface area is 98.6 Å². The van der Waals surface area contributed by atoms with Crippen LogP contribution in [-0.2, 0) is 4.79 Å². The standard InChI is InChI=1S/C11H14ClNO3/c1-4-5(2)10(14)8(12)6(3)7(4)9(13)11(15)16/h9,14H,13H2,1-3H3,(H,15,16). The number of carboxylic acid groups (broad SMARTS) is 1. The third-order valence-corrected chi connectivity index (χ3v) is 3.30. The van der Waals surface area contributed by atoms with Gasteiger partial charge in [-0.15, -0.1) is 0 Å². The number of rotatable bonds is 2. The highest BCUT2D eigenvalue weighted by Crippen LogP contribution is 2.37. The number of carboxylic acids is 1. The average molecular weight is 244 g/mol. The van der Waals surface area contributed by atoms with Gasteiger partial charge in [0, 0.05) is 0 Å². The van der Waals surface area contributed by atoms with Gasteiger partial charge in [-0.2, -0.15) is 0 Å². The zero-order chi connectivity index (χ0) is 12.6. The van der Waals surface area contributed by atoms with Crippen molar-refractivity contribution in [2.45, 2.75) is 26.8 Å². The van der Waals surface area contributed by atoms with Crippen LogP contribution >= 0.6 is 11.6 Å². The molecule has 0 fully saturated rings. The second kappa shape index (κ2) is 4.31. The summed E-state index contributed by atoms with van der Waals surface area (Å²) in [6.07, 6.45) is 0. The molecule has 1 aromatic carbocycles. The summed E-state index contributed by atoms with van der Waals surface area (Å²) >= 11 is 5.91. The summed E-state index contributed by atoms with van der Waals surface area (Å²) in [6, 6.07) is -1.13. The van der Waals surface area contributed by atoms with E-state index in [0.29, 0.717) is 22.3 Å². The van der Waals surface area contributed by atoms with Crippen LogP contribution in [0.3, 0.4) is 0 Å². The summed E-state index contributed by atoms with van der Waals surface area (Å²) in [5.74, 6) is -1.13. The molecule has 1 atom stereocenters. The van der Waals surface area contributed by atoms with E-state index in [1.54, 1.807) is 20.8 Å². The van der Waals surface area contributed by atoms with E-state index in [9.17, 15) is 9.90 Å². The van der Waals surface area contributed by atoms with Gasteiger partial charge >= 0.3 is 5.97 Å². The molecule has 5 heteroatoms. The molecule has 0 radical (unpaired) electrons. The van der Waals surface area contributed by atoms with Gasteiger partial charge in [-0.25, -0.2) is 0 Å². The van der Waals surface area contributed by atoms with E-state index in [4.69, 9.17) is 22.4 Å². The number of aromatic hydroxyl groups is 1. The first kappa shape index (κ1) is 12.8. The van der Waals surface area contributed by atoms with Crippen molar-refractivity contribution in [3.05, 3.63) is 27.3 Å². The number of hydrogen-bond donors (Lipinski definition) is 3. The second-order valence-corrected chi connectivity index (χ2v) is 4.15. The molecule has 0 aromatic heterocycles. The summed E-state index contributed by atoms with van der Waals surface area (Å²) in [5.41, 5.74) is 7.78. The van der Waals surface area contributed by atoms with Gasteiger partial charge in [-0.1, -0.05) is 11.6 Å². The van der Waals surface area contributed by atoms with Crippen molar-refractivity contribution < 1.29 is 15.0 Å². The van der Waals surface area contributed by atoms with Gasteiger partial charge in [-0.05, 0) is 43.0 Å². The Morgan fingerprint density at radius 2 is 1.75 bits per heavy atom. The molecule has 4 nitrogen and oxygen atoms in total. The molecular weight excluding hydrogens is 230 g/mol. The van der Waals surface area contributed by atoms with Gasteiger partial charge in [0.15, 0.2) is 0 Å². The minimum atomic E-state index is -1.13. The number of benzene rings is 1. The Balaban J connectivity index is 3.57. The van der Waals surface area contributed by atoms with Crippen LogP contribution in [0.5, 0.6) is 5.75 Å². The van der Waals surface area contributed by atoms with E-state index < -0.39 is 12.0 Å². The van der Waals surface area contributed by atoms with E-state index in [0.717, 1.165) is 0 Å². The monoisotopic (exact) mass is 243 g/mol. The van der Waals surface area contributed by atoms with Gasteiger partial charge in [0.05, 0.1) is 5.02 Å². The van der Waals surface area contributed by atoms with Crippen LogP contribution in [0.2, 0.25) is 5.02 Å². The molecule has 1 unspecified atom stereocenters. The largest absolute Gasteiger partial charge is 0.506 e. The van der Waals surface area contributed by atoms with Crippen molar-refractivity contribution in [3.8, 4) is 5.75 Å². The molecule has 1 aromatic rings. The van der Waals surface area contributed by atoms with Crippen LogP contribution < -0.4 is 5.73 Å². The molecule has 16 heavy (non-hydrogen) atoms. The first-order chi connectivity index (χ1) is 7.29. The van der Waals surface area contributed by atoms with Crippen LogP contribution in [0, 0.1) is 20.8 Å². The van der Waals surface area contributed by atoms with Crippen LogP contribution in [0.1, 0.15) is 28.3 Å². The fraction of sp³-hybridized carbons (Fsp3) is 0.364. The lowest BCUT2D eigenvalue weighted by molar-refractivity contribution is -0.138. The Kier molecular flexibility index (Phi) is 3.45. The third kappa shape index (κ3) is 1.86. The maximum atomic E-state index is 10.9. The average Bonchev–Trinajstić information content (AvgIpc) is 2.23. The molecule has 0 aliphatic carbocycles. The maximum Gasteiger partial charge on any atom is 0.325 e. The summed E-state index contributed by atoms with van der Waals surface area (Å²) in [7, 11) is 0. The highest BCUT2D eigenvalue weighted by atomic mass is 35.5. The first-order valence-corrected chi connectivity index (χ1v) is 5.13. The molecule has 88 valence electrons. The number of phenols is 1. The minimum Gasteiger partial charge on any atom is -0.506 e. The number of carbonyl (C=O) groups is 1. The Morgan fingerprint density at radius 1 is 1.25 bits per heavy atom. The molecule has 0 aliphatic rings. The van der Waals surface area contributed by atoms with E-state index in [1.165, 1.54) is 0 Å². The highest BCUT2D eigenvalue weighted by molar-refractivity contribution is 6.33. The SMILES string of the molecule is Cc1c(C)c(C(N)C(=O)O)c(C)c(Cl)c1O. The predicted molar refractivity (Wildman–Crippen MR) is 61.9 cm³/mol. The highest BCUT2D eigenvalue weighted by Gasteiger charge is 2.23. The van der Waals surface area contributed by atoms with Crippen molar-refractivity contribution in [1.29, 1.82) is 0 Å². The normalized spacial score (nSPS) is 12.6. The molecule has 0 heterocycles. The maximum absolute atomic E-state index is 10.9. The van der Waals surface area contributed by atoms with E-state index in [1.807, 2.05) is 0 Å². The van der Waals surface area contributed by atoms with Gasteiger partial charge in [0.2, 0.25) is 0 Å². The number of nitrogens with two attached hydrogens (primary N) is 1. The Hall–Kier alpha value is -1.26. The fourth-order valence-electron chi connectivity index (χ4n) is 1.71. The molecule has 0 aliphatic heterocycles. The lowest BCUT2D eigenvalue weighted by Gasteiger charge is -2.18. The molecule has 0 saturated heterocycles. The molecule has 1 rings (SSSR count). The van der Waals surface area contributed by atoms with Crippen LogP contribution in [0.25, 0.3) is 0 Å². The van der Waals surface area contributed by atoms with Gasteiger partial charge in [0.25, 0.3) is 0 Å². The molecule has 4 N–H and O–H groups in total. The fourth-order valence-corrected chi connectivity index (χ4v) is 1.95. The van der Waals surface area contributed by atoms with E-state index >= 15 is 0 Å². The quantitative estimate of drug-likeness (QED) is 0.742. The number of aliphatic carboxylic acids is 1. The first-order valence-electron chi connectivity index (χ1n) is 4.75. The summed E-state index contributed by atoms with van der Waals surface area (Å²) in [5, 5.41) is 18.8. The van der Waals surface area contributed by atoms with Gasteiger partial charge in [0.1, 0.15) is 11.8 Å². The number of halogens is 1. The lowest BCUT2D eigenvalue weighted by atomic mass is 9.92. The molecule has 0 bridgehead atoms. The molecule has 0 amide bonds. The molecule has 0 spiro atoms. The van der Waals surface area contributed by atoms with E-state index in [-0.39, 0.29) is 10.8 Å². The van der Waals surface area contributed by atoms with Gasteiger partial charge in [-0.3, -0.25) is 4.79 Å². The van der Waals surface area contributed by atoms with Crippen molar-refractivity contribution in [1.82, 2.24) is 0 Å². The summed E-state index contributed by atoms with van der Waals surface area (Å²) < 4.78 is 0. The van der Waals surface area contributed by atoms with Gasteiger partial charge < -0.3 is 15.9 Å². The van der Waals surface area contributed by atoms with Crippen molar-refractivity contribution in [2.75, 3.05) is 0 Å². The van der Waals surface area contributed by atoms with Crippen molar-refractivity contribution in [2.24, 2.45) is 5.73 Å². The summed E-state index contributed by atoms with van der Waals surface area (Å²) in [4.78, 5) is 10.9. The minimum absolute atomic E-state index is 0.0157. The third-order valence-electron chi connectivity index (χ3n) is 2.84. The summed E-state index contributed by atoms with van der Waals surface area (Å²) in [6.45, 7) is 5.04. The molecular formula is C11H14ClNO3. The van der Waals surface area contributed by atoms with E-state index in [2.05, 4.69) is 0 Å². The smallest absolute Gasteiger partial charge is 0.325 e. The zero-order valence-corrected chi connectivity index (χ0v) is 10.1. The van der Waals surface area contributed by atoms with Crippen LogP contribution in [0.15, 0.2) is 0 Å². The van der Waals surface area contributed by atoms with Crippen molar-refractivity contribution in [3.63, 3.8) is 0 Å². The zero-order valence-electron chi connectivity index (χ0n) is 9.34.